The lowest BCUT2D eigenvalue weighted by molar-refractivity contribution is -0.384. The molecule has 0 spiro atoms. The van der Waals surface area contributed by atoms with Crippen molar-refractivity contribution in [1.29, 1.82) is 0 Å². The topological polar surface area (TPSA) is 88.8 Å². The van der Waals surface area contributed by atoms with Crippen molar-refractivity contribution in [2.24, 2.45) is 4.99 Å². The van der Waals surface area contributed by atoms with Gasteiger partial charge in [0.1, 0.15) is 5.75 Å². The van der Waals surface area contributed by atoms with E-state index in [1.807, 2.05) is 6.92 Å². The smallest absolute Gasteiger partial charge is 0.270 e. The minimum Gasteiger partial charge on any atom is -0.496 e. The van der Waals surface area contributed by atoms with Gasteiger partial charge in [0, 0.05) is 30.3 Å². The molecule has 7 nitrogen and oxygen atoms in total. The quantitative estimate of drug-likeness (QED) is 0.626. The molecule has 1 unspecified atom stereocenters. The predicted molar refractivity (Wildman–Crippen MR) is 71.4 cm³/mol. The maximum absolute atomic E-state index is 10.8. The summed E-state index contributed by atoms with van der Waals surface area (Å²) in [7, 11) is 1.54. The Balaban J connectivity index is 2.09. The molecule has 2 N–H and O–H groups in total. The molecule has 1 aliphatic rings. The number of rotatable bonds is 4. The number of guanidine groups is 1. The van der Waals surface area contributed by atoms with Gasteiger partial charge in [0.15, 0.2) is 5.96 Å². The van der Waals surface area contributed by atoms with Crippen LogP contribution in [-0.2, 0) is 6.54 Å². The summed E-state index contributed by atoms with van der Waals surface area (Å²) < 4.78 is 5.19. The fraction of sp³-hybridized carbons (Fsp3) is 0.417. The lowest BCUT2D eigenvalue weighted by atomic mass is 10.2. The Hall–Kier alpha value is -2.31. The molecule has 2 rings (SSSR count). The van der Waals surface area contributed by atoms with E-state index in [-0.39, 0.29) is 5.69 Å². The SMILES string of the molecule is COc1ccc([N+](=O)[O-])cc1CNC1=NCC(C)N1. The number of nitro benzene ring substituents is 1. The van der Waals surface area contributed by atoms with Gasteiger partial charge in [-0.3, -0.25) is 15.1 Å². The minimum atomic E-state index is -0.420. The number of nitro groups is 1. The third-order valence-electron chi connectivity index (χ3n) is 2.83. The van der Waals surface area contributed by atoms with Crippen LogP contribution >= 0.6 is 0 Å². The number of non-ortho nitro benzene ring substituents is 1. The van der Waals surface area contributed by atoms with Crippen LogP contribution in [0.25, 0.3) is 0 Å². The Morgan fingerprint density at radius 3 is 3.00 bits per heavy atom. The second-order valence-corrected chi connectivity index (χ2v) is 4.34. The highest BCUT2D eigenvalue weighted by Gasteiger charge is 2.14. The number of benzene rings is 1. The molecule has 19 heavy (non-hydrogen) atoms. The minimum absolute atomic E-state index is 0.0484. The Bertz CT molecular complexity index is 516. The number of hydrogen-bond donors (Lipinski definition) is 2. The van der Waals surface area contributed by atoms with E-state index in [0.29, 0.717) is 24.3 Å². The number of nitrogens with one attached hydrogen (secondary N) is 2. The first-order valence-electron chi connectivity index (χ1n) is 5.96. The van der Waals surface area contributed by atoms with E-state index in [1.54, 1.807) is 6.07 Å². The molecule has 1 atom stereocenters. The molecular formula is C12H16N4O3. The summed E-state index contributed by atoms with van der Waals surface area (Å²) in [5, 5.41) is 17.0. The highest BCUT2D eigenvalue weighted by Crippen LogP contribution is 2.23. The summed E-state index contributed by atoms with van der Waals surface area (Å²) in [5.74, 6) is 1.32. The van der Waals surface area contributed by atoms with Gasteiger partial charge in [-0.15, -0.1) is 0 Å². The summed E-state index contributed by atoms with van der Waals surface area (Å²) >= 11 is 0. The van der Waals surface area contributed by atoms with Gasteiger partial charge in [-0.1, -0.05) is 0 Å². The average Bonchev–Trinajstić information content (AvgIpc) is 2.81. The second kappa shape index (κ2) is 5.55. The molecule has 1 aliphatic heterocycles. The first-order valence-corrected chi connectivity index (χ1v) is 5.96. The molecule has 1 heterocycles. The van der Waals surface area contributed by atoms with Crippen LogP contribution in [0.3, 0.4) is 0 Å². The lowest BCUT2D eigenvalue weighted by Gasteiger charge is -2.11. The van der Waals surface area contributed by atoms with Gasteiger partial charge in [0.05, 0.1) is 18.6 Å². The predicted octanol–water partition coefficient (Wildman–Crippen LogP) is 1.04. The van der Waals surface area contributed by atoms with Crippen molar-refractivity contribution in [1.82, 2.24) is 10.6 Å². The summed E-state index contributed by atoms with van der Waals surface area (Å²) in [4.78, 5) is 14.6. The number of ether oxygens (including phenoxy) is 1. The summed E-state index contributed by atoms with van der Waals surface area (Å²) in [6.45, 7) is 3.18. The normalized spacial score (nSPS) is 17.6. The highest BCUT2D eigenvalue weighted by molar-refractivity contribution is 5.81. The first kappa shape index (κ1) is 13.1. The van der Waals surface area contributed by atoms with E-state index in [0.717, 1.165) is 12.1 Å². The Morgan fingerprint density at radius 1 is 1.63 bits per heavy atom. The molecule has 0 aromatic heterocycles. The van der Waals surface area contributed by atoms with Gasteiger partial charge >= 0.3 is 0 Å². The zero-order valence-corrected chi connectivity index (χ0v) is 10.8. The van der Waals surface area contributed by atoms with Crippen LogP contribution < -0.4 is 15.4 Å². The molecule has 0 saturated carbocycles. The van der Waals surface area contributed by atoms with Crippen LogP contribution in [0.5, 0.6) is 5.75 Å². The average molecular weight is 264 g/mol. The van der Waals surface area contributed by atoms with Crippen molar-refractivity contribution in [3.05, 3.63) is 33.9 Å². The van der Waals surface area contributed by atoms with E-state index < -0.39 is 4.92 Å². The molecule has 1 aromatic carbocycles. The van der Waals surface area contributed by atoms with Crippen LogP contribution in [-0.4, -0.2) is 30.6 Å². The van der Waals surface area contributed by atoms with Crippen LogP contribution in [0.15, 0.2) is 23.2 Å². The molecule has 7 heteroatoms. The molecule has 102 valence electrons. The Kier molecular flexibility index (Phi) is 3.84. The molecule has 0 bridgehead atoms. The Morgan fingerprint density at radius 2 is 2.42 bits per heavy atom. The van der Waals surface area contributed by atoms with Crippen molar-refractivity contribution in [3.8, 4) is 5.75 Å². The summed E-state index contributed by atoms with van der Waals surface area (Å²) in [6.07, 6.45) is 0. The number of methoxy groups -OCH3 is 1. The van der Waals surface area contributed by atoms with E-state index in [1.165, 1.54) is 19.2 Å². The van der Waals surface area contributed by atoms with E-state index in [9.17, 15) is 10.1 Å². The van der Waals surface area contributed by atoms with Crippen molar-refractivity contribution < 1.29 is 9.66 Å². The molecular weight excluding hydrogens is 248 g/mol. The fourth-order valence-corrected chi connectivity index (χ4v) is 1.86. The van der Waals surface area contributed by atoms with Gasteiger partial charge < -0.3 is 15.4 Å². The van der Waals surface area contributed by atoms with Crippen LogP contribution in [0.4, 0.5) is 5.69 Å². The number of hydrogen-bond acceptors (Lipinski definition) is 6. The van der Waals surface area contributed by atoms with Crippen LogP contribution in [0.2, 0.25) is 0 Å². The van der Waals surface area contributed by atoms with E-state index in [2.05, 4.69) is 15.6 Å². The molecule has 0 saturated heterocycles. The molecule has 0 amide bonds. The van der Waals surface area contributed by atoms with Gasteiger partial charge in [0.2, 0.25) is 0 Å². The third kappa shape index (κ3) is 3.12. The standard InChI is InChI=1S/C12H16N4O3/c1-8-6-13-12(15-8)14-7-9-5-10(16(17)18)3-4-11(9)19-2/h3-5,8H,6-7H2,1-2H3,(H2,13,14,15). The molecule has 0 radical (unpaired) electrons. The van der Waals surface area contributed by atoms with Gasteiger partial charge in [-0.25, -0.2) is 0 Å². The number of aliphatic imine (C=N–C) groups is 1. The van der Waals surface area contributed by atoms with Crippen molar-refractivity contribution in [2.45, 2.75) is 19.5 Å². The molecule has 0 fully saturated rings. The summed E-state index contributed by atoms with van der Waals surface area (Å²) in [6, 6.07) is 4.84. The van der Waals surface area contributed by atoms with E-state index in [4.69, 9.17) is 4.74 Å². The van der Waals surface area contributed by atoms with Crippen molar-refractivity contribution >= 4 is 11.6 Å². The van der Waals surface area contributed by atoms with Gasteiger partial charge in [-0.2, -0.15) is 0 Å². The monoisotopic (exact) mass is 264 g/mol. The molecule has 1 aromatic rings. The maximum Gasteiger partial charge on any atom is 0.270 e. The van der Waals surface area contributed by atoms with E-state index >= 15 is 0 Å². The highest BCUT2D eigenvalue weighted by atomic mass is 16.6. The summed E-state index contributed by atoms with van der Waals surface area (Å²) in [5.41, 5.74) is 0.771. The third-order valence-corrected chi connectivity index (χ3v) is 2.83. The van der Waals surface area contributed by atoms with Crippen molar-refractivity contribution in [3.63, 3.8) is 0 Å². The van der Waals surface area contributed by atoms with Gasteiger partial charge in [0.25, 0.3) is 5.69 Å². The lowest BCUT2D eigenvalue weighted by Crippen LogP contribution is -2.37. The largest absolute Gasteiger partial charge is 0.496 e. The number of nitrogens with zero attached hydrogens (tertiary/aromatic N) is 2. The second-order valence-electron chi connectivity index (χ2n) is 4.34. The van der Waals surface area contributed by atoms with Crippen LogP contribution in [0.1, 0.15) is 12.5 Å². The van der Waals surface area contributed by atoms with Gasteiger partial charge in [-0.05, 0) is 13.0 Å². The Labute approximate surface area is 110 Å². The first-order chi connectivity index (χ1) is 9.10. The van der Waals surface area contributed by atoms with Crippen LogP contribution in [0, 0.1) is 10.1 Å². The zero-order chi connectivity index (χ0) is 13.8. The molecule has 0 aliphatic carbocycles. The zero-order valence-electron chi connectivity index (χ0n) is 10.8. The fourth-order valence-electron chi connectivity index (χ4n) is 1.86. The maximum atomic E-state index is 10.8. The van der Waals surface area contributed by atoms with Crippen molar-refractivity contribution in [2.75, 3.05) is 13.7 Å².